The maximum absolute atomic E-state index is 12.3. The van der Waals surface area contributed by atoms with Gasteiger partial charge in [0.25, 0.3) is 5.91 Å². The zero-order valence-electron chi connectivity index (χ0n) is 15.0. The van der Waals surface area contributed by atoms with Crippen LogP contribution >= 0.6 is 34.2 Å². The number of sulfonamides is 1. The van der Waals surface area contributed by atoms with Gasteiger partial charge in [0, 0.05) is 8.59 Å². The minimum absolute atomic E-state index is 0.385. The second-order valence-corrected chi connectivity index (χ2v) is 9.53. The van der Waals surface area contributed by atoms with Gasteiger partial charge in [-0.05, 0) is 77.9 Å². The highest BCUT2D eigenvalue weighted by atomic mass is 127. The molecular formula is C18H19ClIN3O3S. The zero-order valence-corrected chi connectivity index (χ0v) is 18.8. The average molecular weight is 520 g/mol. The van der Waals surface area contributed by atoms with E-state index in [1.165, 1.54) is 0 Å². The fraction of sp³-hybridized carbons (Fsp3) is 0.222. The van der Waals surface area contributed by atoms with Gasteiger partial charge in [0.15, 0.2) is 0 Å². The van der Waals surface area contributed by atoms with E-state index in [-0.39, 0.29) is 6.54 Å². The van der Waals surface area contributed by atoms with E-state index in [9.17, 15) is 13.2 Å². The summed E-state index contributed by atoms with van der Waals surface area (Å²) < 4.78 is 26.4. The number of nitrogens with zero attached hydrogens (tertiary/aromatic N) is 2. The van der Waals surface area contributed by atoms with Gasteiger partial charge < -0.3 is 0 Å². The molecule has 6 nitrogen and oxygen atoms in total. The maximum Gasteiger partial charge on any atom is 0.260 e. The Morgan fingerprint density at radius 2 is 1.96 bits per heavy atom. The van der Waals surface area contributed by atoms with Crippen molar-refractivity contribution < 1.29 is 13.2 Å². The van der Waals surface area contributed by atoms with E-state index in [1.807, 2.05) is 24.3 Å². The van der Waals surface area contributed by atoms with Crippen molar-refractivity contribution in [1.82, 2.24) is 5.43 Å². The fourth-order valence-corrected chi connectivity index (χ4v) is 4.05. The molecule has 0 saturated heterocycles. The van der Waals surface area contributed by atoms with E-state index in [0.717, 1.165) is 19.7 Å². The summed E-state index contributed by atoms with van der Waals surface area (Å²) in [6, 6.07) is 12.5. The van der Waals surface area contributed by atoms with E-state index in [2.05, 4.69) is 33.1 Å². The molecule has 0 aliphatic carbocycles. The van der Waals surface area contributed by atoms with Crippen molar-refractivity contribution in [3.63, 3.8) is 0 Å². The molecule has 0 saturated carbocycles. The molecule has 144 valence electrons. The molecule has 0 fully saturated rings. The standard InChI is InChI=1S/C18H19ClIN3O3S/c1-12-9-15(19)7-8-17(12)23(27(3,25)26)11-18(24)22-21-13(2)14-5-4-6-16(20)10-14/h4-10H,11H2,1-3H3,(H,22,24)/b21-13-. The predicted octanol–water partition coefficient (Wildman–Crippen LogP) is 3.56. The lowest BCUT2D eigenvalue weighted by molar-refractivity contribution is -0.119. The molecule has 0 radical (unpaired) electrons. The number of rotatable bonds is 6. The molecule has 2 aromatic rings. The Labute approximate surface area is 177 Å². The van der Waals surface area contributed by atoms with Gasteiger partial charge in [-0.25, -0.2) is 13.8 Å². The molecule has 2 rings (SSSR count). The molecule has 0 spiro atoms. The molecule has 0 aliphatic rings. The van der Waals surface area contributed by atoms with Gasteiger partial charge >= 0.3 is 0 Å². The predicted molar refractivity (Wildman–Crippen MR) is 118 cm³/mol. The van der Waals surface area contributed by atoms with Gasteiger partial charge in [0.1, 0.15) is 6.54 Å². The van der Waals surface area contributed by atoms with Gasteiger partial charge in [-0.15, -0.1) is 0 Å². The first-order valence-corrected chi connectivity index (χ1v) is 11.2. The van der Waals surface area contributed by atoms with Crippen molar-refractivity contribution in [2.45, 2.75) is 13.8 Å². The van der Waals surface area contributed by atoms with Gasteiger partial charge in [-0.3, -0.25) is 9.10 Å². The highest BCUT2D eigenvalue weighted by molar-refractivity contribution is 14.1. The summed E-state index contributed by atoms with van der Waals surface area (Å²) in [6.45, 7) is 3.12. The Hall–Kier alpha value is -1.65. The van der Waals surface area contributed by atoms with E-state index in [0.29, 0.717) is 22.0 Å². The van der Waals surface area contributed by atoms with Crippen LogP contribution in [0.5, 0.6) is 0 Å². The lowest BCUT2D eigenvalue weighted by atomic mass is 10.1. The summed E-state index contributed by atoms with van der Waals surface area (Å²) in [5, 5.41) is 4.56. The summed E-state index contributed by atoms with van der Waals surface area (Å²) in [4.78, 5) is 12.3. The zero-order chi connectivity index (χ0) is 20.2. The van der Waals surface area contributed by atoms with E-state index in [1.54, 1.807) is 32.0 Å². The number of halogens is 2. The van der Waals surface area contributed by atoms with Crippen LogP contribution in [0.1, 0.15) is 18.1 Å². The number of hydrazone groups is 1. The Morgan fingerprint density at radius 3 is 2.56 bits per heavy atom. The quantitative estimate of drug-likeness (QED) is 0.360. The number of aryl methyl sites for hydroxylation is 1. The Kier molecular flexibility index (Phi) is 7.24. The molecule has 1 N–H and O–H groups in total. The second kappa shape index (κ2) is 9.03. The van der Waals surface area contributed by atoms with Crippen LogP contribution in [-0.2, 0) is 14.8 Å². The number of carbonyl (C=O) groups is 1. The lowest BCUT2D eigenvalue weighted by Crippen LogP contribution is -2.39. The lowest BCUT2D eigenvalue weighted by Gasteiger charge is -2.23. The molecule has 2 aromatic carbocycles. The van der Waals surface area contributed by atoms with Crippen LogP contribution in [0.2, 0.25) is 5.02 Å². The normalized spacial score (nSPS) is 12.0. The Bertz CT molecular complexity index is 993. The third-order valence-corrected chi connectivity index (χ3v) is 5.74. The molecule has 0 heterocycles. The molecule has 0 aromatic heterocycles. The first kappa shape index (κ1) is 21.6. The van der Waals surface area contributed by atoms with Gasteiger partial charge in [0.2, 0.25) is 10.0 Å². The fourth-order valence-electron chi connectivity index (χ4n) is 2.37. The van der Waals surface area contributed by atoms with Gasteiger partial charge in [0.05, 0.1) is 17.7 Å². The number of hydrogen-bond donors (Lipinski definition) is 1. The minimum Gasteiger partial charge on any atom is -0.271 e. The van der Waals surface area contributed by atoms with Crippen LogP contribution < -0.4 is 9.73 Å². The third-order valence-electron chi connectivity index (χ3n) is 3.71. The van der Waals surface area contributed by atoms with Crippen LogP contribution in [0.4, 0.5) is 5.69 Å². The molecular weight excluding hydrogens is 501 g/mol. The van der Waals surface area contributed by atoms with Crippen LogP contribution in [0, 0.1) is 10.5 Å². The largest absolute Gasteiger partial charge is 0.271 e. The number of anilines is 1. The highest BCUT2D eigenvalue weighted by Crippen LogP contribution is 2.25. The van der Waals surface area contributed by atoms with Gasteiger partial charge in [-0.1, -0.05) is 23.7 Å². The van der Waals surface area contributed by atoms with E-state index >= 15 is 0 Å². The number of amides is 1. The van der Waals surface area contributed by atoms with Crippen molar-refractivity contribution in [3.05, 3.63) is 62.2 Å². The van der Waals surface area contributed by atoms with Crippen molar-refractivity contribution in [1.29, 1.82) is 0 Å². The summed E-state index contributed by atoms with van der Waals surface area (Å²) >= 11 is 8.12. The first-order valence-electron chi connectivity index (χ1n) is 7.91. The topological polar surface area (TPSA) is 78.8 Å². The molecule has 0 atom stereocenters. The summed E-state index contributed by atoms with van der Waals surface area (Å²) in [5.74, 6) is -0.542. The second-order valence-electron chi connectivity index (χ2n) is 5.94. The summed E-state index contributed by atoms with van der Waals surface area (Å²) in [5.41, 5.74) is 4.96. The van der Waals surface area contributed by atoms with Crippen molar-refractivity contribution in [3.8, 4) is 0 Å². The molecule has 0 unspecified atom stereocenters. The first-order chi connectivity index (χ1) is 12.6. The minimum atomic E-state index is -3.66. The number of nitrogens with one attached hydrogen (secondary N) is 1. The summed E-state index contributed by atoms with van der Waals surface area (Å²) in [6.07, 6.45) is 1.05. The third kappa shape index (κ3) is 6.18. The number of benzene rings is 2. The van der Waals surface area contributed by atoms with Crippen molar-refractivity contribution >= 4 is 61.5 Å². The van der Waals surface area contributed by atoms with Crippen LogP contribution in [0.15, 0.2) is 47.6 Å². The number of carbonyl (C=O) groups excluding carboxylic acids is 1. The SMILES string of the molecule is C/C(=N/NC(=O)CN(c1ccc(Cl)cc1C)S(C)(=O)=O)c1cccc(I)c1. The van der Waals surface area contributed by atoms with E-state index < -0.39 is 15.9 Å². The highest BCUT2D eigenvalue weighted by Gasteiger charge is 2.22. The monoisotopic (exact) mass is 519 g/mol. The van der Waals surface area contributed by atoms with E-state index in [4.69, 9.17) is 11.6 Å². The van der Waals surface area contributed by atoms with Crippen LogP contribution in [0.25, 0.3) is 0 Å². The summed E-state index contributed by atoms with van der Waals surface area (Å²) in [7, 11) is -3.66. The smallest absolute Gasteiger partial charge is 0.260 e. The Morgan fingerprint density at radius 1 is 1.26 bits per heavy atom. The average Bonchev–Trinajstić information content (AvgIpc) is 2.57. The van der Waals surface area contributed by atoms with Crippen LogP contribution in [0.3, 0.4) is 0 Å². The van der Waals surface area contributed by atoms with Crippen molar-refractivity contribution in [2.75, 3.05) is 17.1 Å². The number of hydrogen-bond acceptors (Lipinski definition) is 4. The van der Waals surface area contributed by atoms with Crippen molar-refractivity contribution in [2.24, 2.45) is 5.10 Å². The van der Waals surface area contributed by atoms with Gasteiger partial charge in [-0.2, -0.15) is 5.10 Å². The molecule has 1 amide bonds. The maximum atomic E-state index is 12.3. The molecule has 9 heteroatoms. The molecule has 0 aliphatic heterocycles. The molecule has 0 bridgehead atoms. The Balaban J connectivity index is 2.18. The van der Waals surface area contributed by atoms with Crippen LogP contribution in [-0.4, -0.2) is 32.8 Å². The molecule has 27 heavy (non-hydrogen) atoms.